The van der Waals surface area contributed by atoms with Crippen LogP contribution in [-0.2, 0) is 0 Å². The Balaban J connectivity index is 1.19. The quantitative estimate of drug-likeness (QED) is 0.105. The summed E-state index contributed by atoms with van der Waals surface area (Å²) in [5, 5.41) is 13.2. The third-order valence-electron chi connectivity index (χ3n) is 10.1. The molecule has 7 heteroatoms. The highest BCUT2D eigenvalue weighted by molar-refractivity contribution is 5.86. The Kier molecular flexibility index (Phi) is 10.2. The van der Waals surface area contributed by atoms with Gasteiger partial charge in [-0.25, -0.2) is 15.0 Å². The first-order valence-electron chi connectivity index (χ1n) is 18.8. The van der Waals surface area contributed by atoms with Crippen LogP contribution in [0, 0.1) is 0 Å². The number of rotatable bonds is 11. The van der Waals surface area contributed by atoms with Crippen molar-refractivity contribution in [1.29, 1.82) is 0 Å². The molecule has 4 N–H and O–H groups in total. The molecule has 7 aromatic carbocycles. The van der Waals surface area contributed by atoms with Gasteiger partial charge in [0, 0.05) is 78.8 Å². The fraction of sp³-hybridized carbons (Fsp3) is 0.0816. The Morgan fingerprint density at radius 3 is 1.02 bits per heavy atom. The van der Waals surface area contributed by atoms with E-state index < -0.39 is 0 Å². The Bertz CT molecular complexity index is 2490. The van der Waals surface area contributed by atoms with E-state index in [0.29, 0.717) is 17.5 Å². The molecule has 0 spiro atoms. The summed E-state index contributed by atoms with van der Waals surface area (Å²) in [6, 6.07) is 57.0. The first-order chi connectivity index (χ1) is 27.5. The molecule has 0 amide bonds. The van der Waals surface area contributed by atoms with Crippen LogP contribution in [0.15, 0.2) is 164 Å². The SMILES string of the molecule is CNc1ccc(NC)c(-c2cccc(-c3cccc(-c4nc(-c5ccccc5)nc(-c5cccc(-c6cccc(-c7cc(NC)ccc7NC)c6)c5)n4)c3)c2)c1. The van der Waals surface area contributed by atoms with Crippen LogP contribution in [0.4, 0.5) is 22.7 Å². The fourth-order valence-corrected chi connectivity index (χ4v) is 7.07. The van der Waals surface area contributed by atoms with Crippen molar-refractivity contribution in [3.05, 3.63) is 164 Å². The Hall–Kier alpha value is -7.25. The lowest BCUT2D eigenvalue weighted by Crippen LogP contribution is -2.00. The van der Waals surface area contributed by atoms with Crippen LogP contribution in [0.25, 0.3) is 78.7 Å². The number of hydrogen-bond acceptors (Lipinski definition) is 7. The molecule has 8 aromatic rings. The zero-order valence-electron chi connectivity index (χ0n) is 31.9. The van der Waals surface area contributed by atoms with Gasteiger partial charge < -0.3 is 21.3 Å². The second kappa shape index (κ2) is 16.0. The maximum absolute atomic E-state index is 5.13. The van der Waals surface area contributed by atoms with E-state index in [1.165, 1.54) is 0 Å². The maximum Gasteiger partial charge on any atom is 0.164 e. The van der Waals surface area contributed by atoms with E-state index in [1.807, 2.05) is 58.5 Å². The molecule has 1 heterocycles. The summed E-state index contributed by atoms with van der Waals surface area (Å²) in [7, 11) is 7.79. The molecule has 0 saturated heterocycles. The van der Waals surface area contributed by atoms with Crippen LogP contribution in [0.1, 0.15) is 0 Å². The van der Waals surface area contributed by atoms with Crippen molar-refractivity contribution in [1.82, 2.24) is 15.0 Å². The van der Waals surface area contributed by atoms with Gasteiger partial charge in [0.2, 0.25) is 0 Å². The Morgan fingerprint density at radius 1 is 0.286 bits per heavy atom. The van der Waals surface area contributed by atoms with Crippen LogP contribution in [0.2, 0.25) is 0 Å². The van der Waals surface area contributed by atoms with Crippen molar-refractivity contribution in [3.63, 3.8) is 0 Å². The first-order valence-corrected chi connectivity index (χ1v) is 18.8. The van der Waals surface area contributed by atoms with Crippen LogP contribution >= 0.6 is 0 Å². The lowest BCUT2D eigenvalue weighted by molar-refractivity contribution is 1.07. The van der Waals surface area contributed by atoms with Gasteiger partial charge in [-0.05, 0) is 94.0 Å². The lowest BCUT2D eigenvalue weighted by Gasteiger charge is -2.14. The zero-order valence-corrected chi connectivity index (χ0v) is 31.9. The highest BCUT2D eigenvalue weighted by atomic mass is 15.0. The van der Waals surface area contributed by atoms with Gasteiger partial charge in [-0.15, -0.1) is 0 Å². The molecule has 0 saturated carbocycles. The normalized spacial score (nSPS) is 10.9. The monoisotopic (exact) mass is 729 g/mol. The molecule has 56 heavy (non-hydrogen) atoms. The van der Waals surface area contributed by atoms with E-state index in [4.69, 9.17) is 15.0 Å². The van der Waals surface area contributed by atoms with Gasteiger partial charge in [0.1, 0.15) is 0 Å². The topological polar surface area (TPSA) is 86.8 Å². The summed E-state index contributed by atoms with van der Waals surface area (Å²) < 4.78 is 0. The van der Waals surface area contributed by atoms with Crippen LogP contribution in [0.3, 0.4) is 0 Å². The van der Waals surface area contributed by atoms with Gasteiger partial charge in [0.05, 0.1) is 0 Å². The number of nitrogens with zero attached hydrogens (tertiary/aromatic N) is 3. The van der Waals surface area contributed by atoms with E-state index in [-0.39, 0.29) is 0 Å². The number of nitrogens with one attached hydrogen (secondary N) is 4. The summed E-state index contributed by atoms with van der Waals surface area (Å²) >= 11 is 0. The molecule has 0 aliphatic carbocycles. The van der Waals surface area contributed by atoms with Crippen molar-refractivity contribution in [2.75, 3.05) is 49.5 Å². The molecule has 0 atom stereocenters. The molecular weight excluding hydrogens is 687 g/mol. The largest absolute Gasteiger partial charge is 0.388 e. The van der Waals surface area contributed by atoms with Crippen molar-refractivity contribution in [2.45, 2.75) is 0 Å². The van der Waals surface area contributed by atoms with Gasteiger partial charge in [-0.2, -0.15) is 0 Å². The average Bonchev–Trinajstić information content (AvgIpc) is 3.28. The Labute approximate surface area is 328 Å². The predicted molar refractivity (Wildman–Crippen MR) is 236 cm³/mol. The van der Waals surface area contributed by atoms with E-state index in [0.717, 1.165) is 83.9 Å². The zero-order chi connectivity index (χ0) is 38.4. The molecule has 0 unspecified atom stereocenters. The van der Waals surface area contributed by atoms with Crippen molar-refractivity contribution >= 4 is 22.7 Å². The smallest absolute Gasteiger partial charge is 0.164 e. The number of benzene rings is 7. The molecule has 1 aromatic heterocycles. The number of hydrogen-bond donors (Lipinski definition) is 4. The minimum Gasteiger partial charge on any atom is -0.388 e. The molecule has 0 radical (unpaired) electrons. The standard InChI is InChI=1S/C49H43N7/c1-50-41-22-24-45(52-3)43(30-41)37-18-8-14-33(26-37)35-16-10-20-39(28-35)48-54-47(32-12-6-5-7-13-32)55-49(56-48)40-21-11-17-36(29-40)34-15-9-19-38(27-34)44-31-42(51-2)23-25-46(44)53-4/h5-31,50-53H,1-4H3. The molecule has 0 bridgehead atoms. The average molecular weight is 730 g/mol. The highest BCUT2D eigenvalue weighted by Gasteiger charge is 2.15. The summed E-state index contributed by atoms with van der Waals surface area (Å²) in [5.41, 5.74) is 15.9. The number of aromatic nitrogens is 3. The molecule has 0 aliphatic heterocycles. The fourth-order valence-electron chi connectivity index (χ4n) is 7.07. The third-order valence-corrected chi connectivity index (χ3v) is 10.1. The summed E-state index contributed by atoms with van der Waals surface area (Å²) in [5.74, 6) is 1.85. The number of anilines is 4. The molecule has 7 nitrogen and oxygen atoms in total. The van der Waals surface area contributed by atoms with Gasteiger partial charge in [-0.3, -0.25) is 0 Å². The van der Waals surface area contributed by atoms with E-state index >= 15 is 0 Å². The van der Waals surface area contributed by atoms with Gasteiger partial charge in [0.25, 0.3) is 0 Å². The van der Waals surface area contributed by atoms with Gasteiger partial charge in [0.15, 0.2) is 17.5 Å². The molecular formula is C49H43N7. The predicted octanol–water partition coefficient (Wildman–Crippen LogP) is 11.7. The molecule has 0 fully saturated rings. The summed E-state index contributed by atoms with van der Waals surface area (Å²) in [6.07, 6.45) is 0. The van der Waals surface area contributed by atoms with E-state index in [9.17, 15) is 0 Å². The maximum atomic E-state index is 5.13. The van der Waals surface area contributed by atoms with E-state index in [1.54, 1.807) is 0 Å². The van der Waals surface area contributed by atoms with Crippen molar-refractivity contribution < 1.29 is 0 Å². The van der Waals surface area contributed by atoms with Gasteiger partial charge in [-0.1, -0.05) is 103 Å². The van der Waals surface area contributed by atoms with Crippen LogP contribution in [0.5, 0.6) is 0 Å². The van der Waals surface area contributed by atoms with Crippen LogP contribution in [-0.4, -0.2) is 43.1 Å². The second-order valence-corrected chi connectivity index (χ2v) is 13.5. The molecule has 8 rings (SSSR count). The lowest BCUT2D eigenvalue weighted by atomic mass is 9.96. The third kappa shape index (κ3) is 7.43. The molecule has 274 valence electrons. The summed E-state index contributed by atoms with van der Waals surface area (Å²) in [4.78, 5) is 15.2. The second-order valence-electron chi connectivity index (χ2n) is 13.5. The van der Waals surface area contributed by atoms with Crippen molar-refractivity contribution in [3.8, 4) is 78.7 Å². The summed E-state index contributed by atoms with van der Waals surface area (Å²) in [6.45, 7) is 0. The van der Waals surface area contributed by atoms with Crippen LogP contribution < -0.4 is 21.3 Å². The minimum absolute atomic E-state index is 0.613. The first kappa shape index (κ1) is 35.8. The molecule has 0 aliphatic rings. The highest BCUT2D eigenvalue weighted by Crippen LogP contribution is 2.36. The van der Waals surface area contributed by atoms with Gasteiger partial charge >= 0.3 is 0 Å². The van der Waals surface area contributed by atoms with E-state index in [2.05, 4.69) is 155 Å². The Morgan fingerprint density at radius 2 is 0.625 bits per heavy atom. The minimum atomic E-state index is 0.613. The van der Waals surface area contributed by atoms with Crippen molar-refractivity contribution in [2.24, 2.45) is 0 Å².